The van der Waals surface area contributed by atoms with E-state index < -0.39 is 0 Å². The third-order valence-corrected chi connectivity index (χ3v) is 1.11. The summed E-state index contributed by atoms with van der Waals surface area (Å²) >= 11 is 0. The van der Waals surface area contributed by atoms with E-state index in [-0.39, 0.29) is 12.4 Å². The van der Waals surface area contributed by atoms with Gasteiger partial charge in [-0.05, 0) is 12.1 Å². The number of hydrogen-bond donors (Lipinski definition) is 1. The van der Waals surface area contributed by atoms with Crippen molar-refractivity contribution in [3.05, 3.63) is 24.2 Å². The van der Waals surface area contributed by atoms with E-state index >= 15 is 0 Å². The largest absolute Gasteiger partial charge is 1.00 e. The molecule has 1 aromatic heterocycles. The summed E-state index contributed by atoms with van der Waals surface area (Å²) in [5, 5.41) is 0. The number of furan rings is 1. The fourth-order valence-corrected chi connectivity index (χ4v) is 0.762. The Bertz CT molecular complexity index is 160. The van der Waals surface area contributed by atoms with Crippen LogP contribution in [0.1, 0.15) is 5.76 Å². The second kappa shape index (κ2) is 4.36. The molecule has 0 saturated carbocycles. The molecule has 0 aliphatic heterocycles. The van der Waals surface area contributed by atoms with E-state index in [0.717, 1.165) is 12.3 Å². The van der Waals surface area contributed by atoms with Crippen molar-refractivity contribution in [2.24, 2.45) is 0 Å². The van der Waals surface area contributed by atoms with E-state index in [4.69, 9.17) is 4.42 Å². The number of halogens is 1. The zero-order valence-corrected chi connectivity index (χ0v) is 6.98. The Balaban J connectivity index is 0.000000810. The van der Waals surface area contributed by atoms with E-state index in [0.29, 0.717) is 0 Å². The minimum atomic E-state index is 0. The van der Waals surface area contributed by atoms with E-state index in [1.165, 1.54) is 4.90 Å². The van der Waals surface area contributed by atoms with Gasteiger partial charge < -0.3 is 21.7 Å². The summed E-state index contributed by atoms with van der Waals surface area (Å²) in [4.78, 5) is 1.38. The Labute approximate surface area is 67.2 Å². The molecular formula is C7H12ClNO. The van der Waals surface area contributed by atoms with E-state index in [2.05, 4.69) is 14.1 Å². The summed E-state index contributed by atoms with van der Waals surface area (Å²) in [7, 11) is 4.20. The Morgan fingerprint density at radius 3 is 2.60 bits per heavy atom. The summed E-state index contributed by atoms with van der Waals surface area (Å²) in [6, 6.07) is 3.91. The molecule has 0 spiro atoms. The molecular weight excluding hydrogens is 150 g/mol. The summed E-state index contributed by atoms with van der Waals surface area (Å²) in [6.45, 7) is 0.965. The van der Waals surface area contributed by atoms with Crippen LogP contribution in [0.5, 0.6) is 0 Å². The molecule has 2 nitrogen and oxygen atoms in total. The molecule has 0 aliphatic carbocycles. The van der Waals surface area contributed by atoms with Crippen molar-refractivity contribution in [1.29, 1.82) is 0 Å². The number of rotatable bonds is 2. The zero-order valence-electron chi connectivity index (χ0n) is 6.23. The molecule has 58 valence electrons. The second-order valence-electron chi connectivity index (χ2n) is 2.46. The van der Waals surface area contributed by atoms with Crippen LogP contribution in [0, 0.1) is 0 Å². The van der Waals surface area contributed by atoms with Gasteiger partial charge in [0.2, 0.25) is 0 Å². The summed E-state index contributed by atoms with van der Waals surface area (Å²) in [5.74, 6) is 1.05. The molecule has 0 fully saturated rings. The Hall–Kier alpha value is -0.470. The van der Waals surface area contributed by atoms with Gasteiger partial charge in [-0.1, -0.05) is 0 Å². The van der Waals surface area contributed by atoms with Crippen molar-refractivity contribution in [3.63, 3.8) is 0 Å². The van der Waals surface area contributed by atoms with Crippen molar-refractivity contribution < 1.29 is 21.7 Å². The maximum absolute atomic E-state index is 5.12. The van der Waals surface area contributed by atoms with Crippen LogP contribution in [0.4, 0.5) is 0 Å². The molecule has 10 heavy (non-hydrogen) atoms. The summed E-state index contributed by atoms with van der Waals surface area (Å²) in [5.41, 5.74) is 0. The highest BCUT2D eigenvalue weighted by Gasteiger charge is 1.97. The first-order chi connectivity index (χ1) is 4.29. The summed E-state index contributed by atoms with van der Waals surface area (Å²) in [6.07, 6.45) is 1.71. The van der Waals surface area contributed by atoms with Crippen LogP contribution in [-0.2, 0) is 6.54 Å². The van der Waals surface area contributed by atoms with Crippen LogP contribution < -0.4 is 17.3 Å². The third kappa shape index (κ3) is 2.90. The molecule has 0 aliphatic rings. The van der Waals surface area contributed by atoms with Gasteiger partial charge in [0.15, 0.2) is 5.76 Å². The van der Waals surface area contributed by atoms with Crippen molar-refractivity contribution in [2.45, 2.75) is 6.54 Å². The topological polar surface area (TPSA) is 17.6 Å². The van der Waals surface area contributed by atoms with Crippen LogP contribution in [0.15, 0.2) is 22.8 Å². The van der Waals surface area contributed by atoms with Gasteiger partial charge in [0, 0.05) is 0 Å². The van der Waals surface area contributed by atoms with Gasteiger partial charge in [-0.2, -0.15) is 0 Å². The van der Waals surface area contributed by atoms with Crippen molar-refractivity contribution in [3.8, 4) is 0 Å². The lowest BCUT2D eigenvalue weighted by atomic mass is 10.4. The van der Waals surface area contributed by atoms with Crippen LogP contribution in [0.25, 0.3) is 0 Å². The standard InChI is InChI=1S/C7H11NO.ClH/c1-8(2)6-7-4-3-5-9-7;/h3-5H,6H2,1-2H3;1H. The van der Waals surface area contributed by atoms with Gasteiger partial charge >= 0.3 is 0 Å². The first-order valence-electron chi connectivity index (χ1n) is 3.10. The smallest absolute Gasteiger partial charge is 0.157 e. The lowest BCUT2D eigenvalue weighted by molar-refractivity contribution is -0.873. The minimum Gasteiger partial charge on any atom is -1.00 e. The quantitative estimate of drug-likeness (QED) is 0.488. The second-order valence-corrected chi connectivity index (χ2v) is 2.46. The van der Waals surface area contributed by atoms with Gasteiger partial charge in [-0.15, -0.1) is 0 Å². The van der Waals surface area contributed by atoms with Crippen LogP contribution in [0.3, 0.4) is 0 Å². The van der Waals surface area contributed by atoms with Crippen molar-refractivity contribution in [2.75, 3.05) is 14.1 Å². The average molecular weight is 162 g/mol. The molecule has 0 saturated heterocycles. The van der Waals surface area contributed by atoms with Gasteiger partial charge in [-0.25, -0.2) is 0 Å². The van der Waals surface area contributed by atoms with E-state index in [9.17, 15) is 0 Å². The molecule has 0 aromatic carbocycles. The highest BCUT2D eigenvalue weighted by atomic mass is 35.5. The van der Waals surface area contributed by atoms with Crippen LogP contribution in [0.2, 0.25) is 0 Å². The fraction of sp³-hybridized carbons (Fsp3) is 0.429. The van der Waals surface area contributed by atoms with E-state index in [1.807, 2.05) is 12.1 Å². The Kier molecular flexibility index (Phi) is 4.16. The SMILES string of the molecule is C[NH+](C)Cc1ccco1.[Cl-]. The van der Waals surface area contributed by atoms with Crippen LogP contribution >= 0.6 is 0 Å². The predicted octanol–water partition coefficient (Wildman–Crippen LogP) is -3.07. The van der Waals surface area contributed by atoms with Crippen molar-refractivity contribution >= 4 is 0 Å². The first-order valence-corrected chi connectivity index (χ1v) is 3.10. The lowest BCUT2D eigenvalue weighted by Crippen LogP contribution is -3.04. The highest BCUT2D eigenvalue weighted by molar-refractivity contribution is 4.95. The molecule has 1 aromatic rings. The molecule has 0 unspecified atom stereocenters. The number of hydrogen-bond acceptors (Lipinski definition) is 1. The molecule has 0 radical (unpaired) electrons. The predicted molar refractivity (Wildman–Crippen MR) is 35.2 cm³/mol. The molecule has 3 heteroatoms. The first kappa shape index (κ1) is 9.53. The third-order valence-electron chi connectivity index (χ3n) is 1.11. The number of quaternary nitrogens is 1. The Morgan fingerprint density at radius 2 is 2.20 bits per heavy atom. The molecule has 0 bridgehead atoms. The maximum atomic E-state index is 5.12. The average Bonchev–Trinajstić information content (AvgIpc) is 2.15. The molecule has 0 atom stereocenters. The van der Waals surface area contributed by atoms with Gasteiger partial charge in [0.25, 0.3) is 0 Å². The van der Waals surface area contributed by atoms with Gasteiger partial charge in [-0.3, -0.25) is 0 Å². The van der Waals surface area contributed by atoms with E-state index in [1.54, 1.807) is 6.26 Å². The lowest BCUT2D eigenvalue weighted by Gasteiger charge is -2.02. The Morgan fingerprint density at radius 1 is 1.50 bits per heavy atom. The van der Waals surface area contributed by atoms with Gasteiger partial charge in [0.05, 0.1) is 20.4 Å². The molecule has 1 rings (SSSR count). The fourth-order valence-electron chi connectivity index (χ4n) is 0.762. The molecule has 1 heterocycles. The monoisotopic (exact) mass is 161 g/mol. The minimum absolute atomic E-state index is 0. The summed E-state index contributed by atoms with van der Waals surface area (Å²) < 4.78 is 5.12. The van der Waals surface area contributed by atoms with Gasteiger partial charge in [0.1, 0.15) is 6.54 Å². The van der Waals surface area contributed by atoms with Crippen molar-refractivity contribution in [1.82, 2.24) is 0 Å². The maximum Gasteiger partial charge on any atom is 0.157 e. The molecule has 0 amide bonds. The van der Waals surface area contributed by atoms with Crippen LogP contribution in [-0.4, -0.2) is 14.1 Å². The number of nitrogens with one attached hydrogen (secondary N) is 1. The zero-order chi connectivity index (χ0) is 6.69. The normalized spacial score (nSPS) is 9.50. The molecule has 1 N–H and O–H groups in total. The highest BCUT2D eigenvalue weighted by Crippen LogP contribution is 1.95.